The zero-order valence-electron chi connectivity index (χ0n) is 17.9. The number of likely N-dealkylation sites (tertiary alicyclic amines) is 1. The number of rotatable bonds is 4. The summed E-state index contributed by atoms with van der Waals surface area (Å²) < 4.78 is 2.27. The Kier molecular flexibility index (Phi) is 5.11. The lowest BCUT2D eigenvalue weighted by molar-refractivity contribution is 0.0891. The van der Waals surface area contributed by atoms with Gasteiger partial charge in [-0.2, -0.15) is 0 Å². The maximum atomic E-state index is 12.6. The molecule has 0 unspecified atom stereocenters. The highest BCUT2D eigenvalue weighted by atomic mass is 32.2. The van der Waals surface area contributed by atoms with E-state index in [1.807, 2.05) is 30.5 Å². The average Bonchev–Trinajstić information content (AvgIpc) is 3.09. The van der Waals surface area contributed by atoms with E-state index in [9.17, 15) is 4.79 Å². The fourth-order valence-electron chi connectivity index (χ4n) is 5.56. The smallest absolute Gasteiger partial charge is 0.251 e. The number of aromatic nitrogens is 1. The first-order chi connectivity index (χ1) is 14.5. The third kappa shape index (κ3) is 3.34. The minimum atomic E-state index is 0.0310. The van der Waals surface area contributed by atoms with Crippen LogP contribution in [0.4, 0.5) is 0 Å². The highest BCUT2D eigenvalue weighted by Gasteiger charge is 2.39. The van der Waals surface area contributed by atoms with E-state index in [0.717, 1.165) is 31.5 Å². The van der Waals surface area contributed by atoms with E-state index < -0.39 is 0 Å². The van der Waals surface area contributed by atoms with Gasteiger partial charge in [-0.1, -0.05) is 12.1 Å². The fourth-order valence-corrected chi connectivity index (χ4v) is 5.97. The van der Waals surface area contributed by atoms with Crippen LogP contribution < -0.4 is 5.32 Å². The van der Waals surface area contributed by atoms with Crippen molar-refractivity contribution in [2.75, 3.05) is 26.4 Å². The molecule has 0 spiro atoms. The number of likely N-dealkylation sites (N-methyl/N-ethyl adjacent to an activating group) is 1. The van der Waals surface area contributed by atoms with Crippen molar-refractivity contribution < 1.29 is 4.79 Å². The molecule has 4 nitrogen and oxygen atoms in total. The first-order valence-electron chi connectivity index (χ1n) is 10.7. The topological polar surface area (TPSA) is 37.3 Å². The quantitative estimate of drug-likeness (QED) is 0.641. The monoisotopic (exact) mass is 419 g/mol. The molecule has 2 aliphatic rings. The second kappa shape index (κ2) is 7.78. The van der Waals surface area contributed by atoms with E-state index in [1.165, 1.54) is 26.9 Å². The number of hydrogen-bond acceptors (Lipinski definition) is 3. The highest BCUT2D eigenvalue weighted by Crippen LogP contribution is 2.44. The van der Waals surface area contributed by atoms with Crippen molar-refractivity contribution >= 4 is 28.6 Å². The molecule has 30 heavy (non-hydrogen) atoms. The molecule has 1 aliphatic heterocycles. The molecule has 1 saturated heterocycles. The Labute approximate surface area is 182 Å². The summed E-state index contributed by atoms with van der Waals surface area (Å²) in [6, 6.07) is 15.2. The molecular formula is C25H29N3OS. The summed E-state index contributed by atoms with van der Waals surface area (Å²) in [4.78, 5) is 16.3. The Bertz CT molecular complexity index is 1090. The first kappa shape index (κ1) is 19.7. The zero-order chi connectivity index (χ0) is 20.8. The molecule has 1 amide bonds. The molecule has 5 heteroatoms. The molecule has 1 N–H and O–H groups in total. The van der Waals surface area contributed by atoms with Gasteiger partial charge in [-0.25, -0.2) is 0 Å². The van der Waals surface area contributed by atoms with Gasteiger partial charge >= 0.3 is 0 Å². The summed E-state index contributed by atoms with van der Waals surface area (Å²) in [6.45, 7) is 1.76. The maximum absolute atomic E-state index is 12.6. The molecule has 156 valence electrons. The number of hydrogen-bond donors (Lipinski definition) is 1. The lowest BCUT2D eigenvalue weighted by Gasteiger charge is -2.45. The van der Waals surface area contributed by atoms with Crippen molar-refractivity contribution in [1.29, 1.82) is 0 Å². The molecule has 1 aliphatic carbocycles. The molecule has 3 atom stereocenters. The zero-order valence-corrected chi connectivity index (χ0v) is 18.7. The number of nitrogens with one attached hydrogen (secondary N) is 1. The standard InChI is InChI=1S/C25H29N3OS/c1-27-14-16(13-26-25(29)17-7-9-19(30-3)10-8-17)11-21-20-5-4-6-22-24(20)18(12-23(21)27)15-28(22)2/h4-10,15-16,21,23H,11-14H2,1-3H3,(H,26,29)/t16-,21+,23+/m0/s1. The van der Waals surface area contributed by atoms with Crippen LogP contribution in [0.5, 0.6) is 0 Å². The Morgan fingerprint density at radius 1 is 1.17 bits per heavy atom. The minimum Gasteiger partial charge on any atom is -0.352 e. The number of fused-ring (bicyclic) bond motifs is 2. The van der Waals surface area contributed by atoms with Gasteiger partial charge in [-0.15, -0.1) is 11.8 Å². The maximum Gasteiger partial charge on any atom is 0.251 e. The van der Waals surface area contributed by atoms with E-state index >= 15 is 0 Å². The summed E-state index contributed by atoms with van der Waals surface area (Å²) in [5.74, 6) is 1.03. The molecule has 0 radical (unpaired) electrons. The van der Waals surface area contributed by atoms with E-state index in [-0.39, 0.29) is 5.91 Å². The Hall–Kier alpha value is -2.24. The molecule has 2 aromatic carbocycles. The second-order valence-electron chi connectivity index (χ2n) is 8.86. The Balaban J connectivity index is 1.32. The third-order valence-corrected chi connectivity index (χ3v) is 7.76. The average molecular weight is 420 g/mol. The number of carbonyl (C=O) groups is 1. The number of piperidine rings is 1. The molecular weight excluding hydrogens is 390 g/mol. The third-order valence-electron chi connectivity index (χ3n) is 7.02. The summed E-state index contributed by atoms with van der Waals surface area (Å²) in [5.41, 5.74) is 5.06. The van der Waals surface area contributed by atoms with Crippen LogP contribution in [0.3, 0.4) is 0 Å². The molecule has 3 aromatic rings. The first-order valence-corrected chi connectivity index (χ1v) is 12.0. The summed E-state index contributed by atoms with van der Waals surface area (Å²) in [5, 5.41) is 4.66. The van der Waals surface area contributed by atoms with Crippen molar-refractivity contribution in [2.24, 2.45) is 13.0 Å². The summed E-state index contributed by atoms with van der Waals surface area (Å²) in [7, 11) is 4.40. The van der Waals surface area contributed by atoms with Crippen LogP contribution in [0, 0.1) is 5.92 Å². The Morgan fingerprint density at radius 2 is 1.97 bits per heavy atom. The number of carbonyl (C=O) groups excluding carboxylic acids is 1. The van der Waals surface area contributed by atoms with Crippen molar-refractivity contribution in [1.82, 2.24) is 14.8 Å². The molecule has 0 saturated carbocycles. The minimum absolute atomic E-state index is 0.0310. The molecule has 2 heterocycles. The van der Waals surface area contributed by atoms with Gasteiger partial charge < -0.3 is 14.8 Å². The lowest BCUT2D eigenvalue weighted by atomic mass is 9.72. The van der Waals surface area contributed by atoms with Crippen LogP contribution in [0.15, 0.2) is 53.6 Å². The van der Waals surface area contributed by atoms with Crippen LogP contribution in [0.25, 0.3) is 10.9 Å². The van der Waals surface area contributed by atoms with Gasteiger partial charge in [0, 0.05) is 59.7 Å². The predicted molar refractivity (Wildman–Crippen MR) is 124 cm³/mol. The van der Waals surface area contributed by atoms with Gasteiger partial charge in [-0.3, -0.25) is 4.79 Å². The number of nitrogens with zero attached hydrogens (tertiary/aromatic N) is 2. The number of benzene rings is 2. The van der Waals surface area contributed by atoms with Gasteiger partial charge in [0.05, 0.1) is 0 Å². The number of amides is 1. The van der Waals surface area contributed by atoms with Crippen molar-refractivity contribution in [3.05, 3.63) is 65.4 Å². The molecule has 0 bridgehead atoms. The molecule has 1 fully saturated rings. The van der Waals surface area contributed by atoms with Crippen molar-refractivity contribution in [3.63, 3.8) is 0 Å². The van der Waals surface area contributed by atoms with E-state index in [0.29, 0.717) is 17.9 Å². The molecule has 1 aromatic heterocycles. The van der Waals surface area contributed by atoms with Crippen molar-refractivity contribution in [3.8, 4) is 0 Å². The highest BCUT2D eigenvalue weighted by molar-refractivity contribution is 7.98. The van der Waals surface area contributed by atoms with Crippen LogP contribution in [0.1, 0.15) is 33.8 Å². The van der Waals surface area contributed by atoms with Gasteiger partial charge in [0.2, 0.25) is 0 Å². The van der Waals surface area contributed by atoms with Gasteiger partial charge in [0.25, 0.3) is 5.91 Å². The largest absolute Gasteiger partial charge is 0.352 e. The van der Waals surface area contributed by atoms with Crippen molar-refractivity contribution in [2.45, 2.75) is 29.7 Å². The number of thioether (sulfide) groups is 1. The molecule has 5 rings (SSSR count). The Morgan fingerprint density at radius 3 is 2.73 bits per heavy atom. The number of aryl methyl sites for hydroxylation is 1. The van der Waals surface area contributed by atoms with E-state index in [1.54, 1.807) is 11.8 Å². The fraction of sp³-hybridized carbons (Fsp3) is 0.400. The van der Waals surface area contributed by atoms with Gasteiger partial charge in [0.15, 0.2) is 0 Å². The van der Waals surface area contributed by atoms with Crippen LogP contribution in [-0.4, -0.2) is 47.8 Å². The SMILES string of the molecule is CSc1ccc(C(=O)NC[C@@H]2C[C@@H]3c4cccc5c4c(cn5C)C[C@H]3N(C)C2)cc1. The van der Waals surface area contributed by atoms with Crippen LogP contribution in [-0.2, 0) is 13.5 Å². The van der Waals surface area contributed by atoms with Crippen LogP contribution in [0.2, 0.25) is 0 Å². The van der Waals surface area contributed by atoms with E-state index in [2.05, 4.69) is 53.3 Å². The van der Waals surface area contributed by atoms with Gasteiger partial charge in [0.1, 0.15) is 0 Å². The normalized spacial score (nSPS) is 23.4. The lowest BCUT2D eigenvalue weighted by Crippen LogP contribution is -2.50. The van der Waals surface area contributed by atoms with Gasteiger partial charge in [-0.05, 0) is 73.5 Å². The summed E-state index contributed by atoms with van der Waals surface area (Å²) >= 11 is 1.69. The van der Waals surface area contributed by atoms with Crippen LogP contribution >= 0.6 is 11.8 Å². The van der Waals surface area contributed by atoms with E-state index in [4.69, 9.17) is 0 Å². The second-order valence-corrected chi connectivity index (χ2v) is 9.74. The predicted octanol–water partition coefficient (Wildman–Crippen LogP) is 4.29. The summed E-state index contributed by atoms with van der Waals surface area (Å²) in [6.07, 6.45) is 6.61.